The summed E-state index contributed by atoms with van der Waals surface area (Å²) < 4.78 is 31.1. The summed E-state index contributed by atoms with van der Waals surface area (Å²) in [5, 5.41) is 12.2. The molecule has 0 radical (unpaired) electrons. The van der Waals surface area contributed by atoms with E-state index >= 15 is 0 Å². The zero-order valence-electron chi connectivity index (χ0n) is 12.2. The van der Waals surface area contributed by atoms with Gasteiger partial charge in [-0.15, -0.1) is 0 Å². The molecule has 0 amide bonds. The number of rotatable bonds is 8. The van der Waals surface area contributed by atoms with Gasteiger partial charge in [0.25, 0.3) is 0 Å². The quantitative estimate of drug-likeness (QED) is 0.664. The molecule has 21 heavy (non-hydrogen) atoms. The van der Waals surface area contributed by atoms with E-state index in [1.165, 1.54) is 12.1 Å². The molecule has 1 rings (SSSR count). The summed E-state index contributed by atoms with van der Waals surface area (Å²) in [6.45, 7) is 4.11. The highest BCUT2D eigenvalue weighted by atomic mass is 32.2. The van der Waals surface area contributed by atoms with Gasteiger partial charge in [-0.05, 0) is 25.1 Å². The zero-order chi connectivity index (χ0) is 16.0. The van der Waals surface area contributed by atoms with Crippen LogP contribution in [0.15, 0.2) is 23.1 Å². The number of methoxy groups -OCH3 is 1. The number of sulfonamides is 1. The molecule has 118 valence electrons. The van der Waals surface area contributed by atoms with Gasteiger partial charge in [-0.1, -0.05) is 6.92 Å². The normalized spacial score (nSPS) is 12.9. The first-order valence-electron chi connectivity index (χ1n) is 6.44. The molecule has 1 aromatic carbocycles. The molecule has 1 atom stereocenters. The SMILES string of the molecule is CCNS(=O)(=O)c1ccc(N[C@H](C)COC)c(C(=O)O)c1. The maximum atomic E-state index is 11.9. The van der Waals surface area contributed by atoms with Crippen molar-refractivity contribution in [2.24, 2.45) is 0 Å². The summed E-state index contributed by atoms with van der Waals surface area (Å²) in [7, 11) is -2.14. The number of benzene rings is 1. The van der Waals surface area contributed by atoms with Crippen LogP contribution in [0.2, 0.25) is 0 Å². The van der Waals surface area contributed by atoms with Crippen molar-refractivity contribution in [1.82, 2.24) is 4.72 Å². The van der Waals surface area contributed by atoms with Gasteiger partial charge >= 0.3 is 5.97 Å². The van der Waals surface area contributed by atoms with Crippen molar-refractivity contribution in [3.8, 4) is 0 Å². The number of hydrogen-bond donors (Lipinski definition) is 3. The highest BCUT2D eigenvalue weighted by Gasteiger charge is 2.19. The lowest BCUT2D eigenvalue weighted by Gasteiger charge is -2.17. The Morgan fingerprint density at radius 3 is 2.62 bits per heavy atom. The molecule has 0 aliphatic rings. The second-order valence-corrected chi connectivity index (χ2v) is 6.28. The molecule has 7 nitrogen and oxygen atoms in total. The highest BCUT2D eigenvalue weighted by molar-refractivity contribution is 7.89. The minimum Gasteiger partial charge on any atom is -0.478 e. The molecule has 0 bridgehead atoms. The van der Waals surface area contributed by atoms with E-state index in [0.29, 0.717) is 12.3 Å². The van der Waals surface area contributed by atoms with Crippen LogP contribution in [-0.2, 0) is 14.8 Å². The molecule has 0 aromatic heterocycles. The Morgan fingerprint density at radius 1 is 1.43 bits per heavy atom. The fraction of sp³-hybridized carbons (Fsp3) is 0.462. The van der Waals surface area contributed by atoms with Gasteiger partial charge in [-0.3, -0.25) is 0 Å². The van der Waals surface area contributed by atoms with Crippen LogP contribution in [0.4, 0.5) is 5.69 Å². The second kappa shape index (κ2) is 7.39. The van der Waals surface area contributed by atoms with E-state index in [1.807, 2.05) is 6.92 Å². The molecule has 8 heteroatoms. The van der Waals surface area contributed by atoms with Crippen molar-refractivity contribution in [2.75, 3.05) is 25.6 Å². The third-order valence-corrected chi connectivity index (χ3v) is 4.23. The molecule has 0 heterocycles. The predicted molar refractivity (Wildman–Crippen MR) is 79.2 cm³/mol. The Kier molecular flexibility index (Phi) is 6.13. The standard InChI is InChI=1S/C13H20N2O5S/c1-4-14-21(18,19)10-5-6-12(11(7-10)13(16)17)15-9(2)8-20-3/h5-7,9,14-15H,4,8H2,1-3H3,(H,16,17)/t9-/m1/s1. The average Bonchev–Trinajstić information content (AvgIpc) is 2.38. The van der Waals surface area contributed by atoms with Gasteiger partial charge in [-0.25, -0.2) is 17.9 Å². The maximum absolute atomic E-state index is 11.9. The van der Waals surface area contributed by atoms with E-state index in [0.717, 1.165) is 6.07 Å². The van der Waals surface area contributed by atoms with Crippen LogP contribution in [0.5, 0.6) is 0 Å². The summed E-state index contributed by atoms with van der Waals surface area (Å²) in [5.74, 6) is -1.20. The van der Waals surface area contributed by atoms with Gasteiger partial charge in [0.05, 0.1) is 17.1 Å². The molecule has 0 unspecified atom stereocenters. The third kappa shape index (κ3) is 4.69. The molecule has 0 aliphatic carbocycles. The number of nitrogens with one attached hydrogen (secondary N) is 2. The molecule has 0 spiro atoms. The maximum Gasteiger partial charge on any atom is 0.337 e. The second-order valence-electron chi connectivity index (χ2n) is 4.51. The molecular weight excluding hydrogens is 296 g/mol. The topological polar surface area (TPSA) is 105 Å². The van der Waals surface area contributed by atoms with Crippen molar-refractivity contribution < 1.29 is 23.1 Å². The Balaban J connectivity index is 3.17. The van der Waals surface area contributed by atoms with Crippen molar-refractivity contribution in [3.05, 3.63) is 23.8 Å². The summed E-state index contributed by atoms with van der Waals surface area (Å²) >= 11 is 0. The van der Waals surface area contributed by atoms with Crippen LogP contribution in [-0.4, -0.2) is 45.8 Å². The molecule has 0 saturated carbocycles. The summed E-state index contributed by atoms with van der Waals surface area (Å²) in [4.78, 5) is 11.2. The van der Waals surface area contributed by atoms with Crippen LogP contribution in [0.3, 0.4) is 0 Å². The lowest BCUT2D eigenvalue weighted by atomic mass is 10.1. The number of carboxylic acids is 1. The fourth-order valence-corrected chi connectivity index (χ4v) is 2.89. The molecule has 3 N–H and O–H groups in total. The third-order valence-electron chi connectivity index (χ3n) is 2.68. The summed E-state index contributed by atoms with van der Waals surface area (Å²) in [6.07, 6.45) is 0. The first-order chi connectivity index (χ1) is 9.81. The number of hydrogen-bond acceptors (Lipinski definition) is 5. The van der Waals surface area contributed by atoms with Gasteiger partial charge in [-0.2, -0.15) is 0 Å². The van der Waals surface area contributed by atoms with Crippen LogP contribution in [0.25, 0.3) is 0 Å². The number of anilines is 1. The van der Waals surface area contributed by atoms with E-state index in [4.69, 9.17) is 4.74 Å². The van der Waals surface area contributed by atoms with E-state index < -0.39 is 16.0 Å². The molecule has 0 aliphatic heterocycles. The Hall–Kier alpha value is -1.64. The van der Waals surface area contributed by atoms with Gasteiger partial charge in [0.1, 0.15) is 0 Å². The summed E-state index contributed by atoms with van der Waals surface area (Å²) in [5.41, 5.74) is 0.249. The Bertz CT molecular complexity index is 601. The van der Waals surface area contributed by atoms with Crippen molar-refractivity contribution in [2.45, 2.75) is 24.8 Å². The molecule has 1 aromatic rings. The van der Waals surface area contributed by atoms with Crippen LogP contribution < -0.4 is 10.0 Å². The summed E-state index contributed by atoms with van der Waals surface area (Å²) in [6, 6.07) is 3.85. The largest absolute Gasteiger partial charge is 0.478 e. The number of carboxylic acid groups (broad SMARTS) is 1. The molecular formula is C13H20N2O5S. The Morgan fingerprint density at radius 2 is 2.10 bits per heavy atom. The van der Waals surface area contributed by atoms with E-state index in [9.17, 15) is 18.3 Å². The first kappa shape index (κ1) is 17.4. The minimum atomic E-state index is -3.69. The van der Waals surface area contributed by atoms with Gasteiger partial charge in [0.2, 0.25) is 10.0 Å². The van der Waals surface area contributed by atoms with E-state index in [-0.39, 0.29) is 23.0 Å². The lowest BCUT2D eigenvalue weighted by molar-refractivity contribution is 0.0697. The van der Waals surface area contributed by atoms with Crippen LogP contribution in [0, 0.1) is 0 Å². The van der Waals surface area contributed by atoms with Crippen LogP contribution >= 0.6 is 0 Å². The minimum absolute atomic E-state index is 0.0771. The van der Waals surface area contributed by atoms with E-state index in [2.05, 4.69) is 10.0 Å². The number of carbonyl (C=O) groups is 1. The van der Waals surface area contributed by atoms with Crippen molar-refractivity contribution >= 4 is 21.7 Å². The van der Waals surface area contributed by atoms with Crippen LogP contribution in [0.1, 0.15) is 24.2 Å². The first-order valence-corrected chi connectivity index (χ1v) is 7.92. The smallest absolute Gasteiger partial charge is 0.337 e. The highest BCUT2D eigenvalue weighted by Crippen LogP contribution is 2.21. The van der Waals surface area contributed by atoms with Gasteiger partial charge in [0.15, 0.2) is 0 Å². The average molecular weight is 316 g/mol. The molecule has 0 fully saturated rings. The van der Waals surface area contributed by atoms with Gasteiger partial charge < -0.3 is 15.2 Å². The van der Waals surface area contributed by atoms with E-state index in [1.54, 1.807) is 14.0 Å². The zero-order valence-corrected chi connectivity index (χ0v) is 13.0. The molecule has 0 saturated heterocycles. The fourth-order valence-electron chi connectivity index (χ4n) is 1.82. The Labute approximate surface area is 124 Å². The van der Waals surface area contributed by atoms with Crippen molar-refractivity contribution in [1.29, 1.82) is 0 Å². The predicted octanol–water partition coefficient (Wildman–Crippen LogP) is 1.13. The van der Waals surface area contributed by atoms with Crippen molar-refractivity contribution in [3.63, 3.8) is 0 Å². The lowest BCUT2D eigenvalue weighted by Crippen LogP contribution is -2.25. The number of aromatic carboxylic acids is 1. The number of ether oxygens (including phenoxy) is 1. The van der Waals surface area contributed by atoms with Gasteiger partial charge in [0, 0.05) is 25.4 Å². The monoisotopic (exact) mass is 316 g/mol.